The van der Waals surface area contributed by atoms with Gasteiger partial charge < -0.3 is 10.4 Å². The van der Waals surface area contributed by atoms with Crippen LogP contribution in [0, 0.1) is 10.1 Å². The molecule has 6 nitrogen and oxygen atoms in total. The van der Waals surface area contributed by atoms with Crippen LogP contribution in [0.1, 0.15) is 23.2 Å². The SMILES string of the molecule is O=C(c1ccccc1)C(O)/C(=C1/CCCN1)[N+](=O)[O-]. The average Bonchev–Trinajstić information content (AvgIpc) is 2.92. The number of nitrogens with zero attached hydrogens (tertiary/aromatic N) is 1. The minimum atomic E-state index is -1.74. The first-order chi connectivity index (χ1) is 9.11. The van der Waals surface area contributed by atoms with Gasteiger partial charge in [-0.15, -0.1) is 0 Å². The average molecular weight is 262 g/mol. The number of allylic oxidation sites excluding steroid dienone is 1. The zero-order valence-electron chi connectivity index (χ0n) is 10.2. The van der Waals surface area contributed by atoms with Crippen molar-refractivity contribution in [2.24, 2.45) is 0 Å². The Bertz CT molecular complexity index is 517. The molecule has 0 spiro atoms. The molecular weight excluding hydrogens is 248 g/mol. The van der Waals surface area contributed by atoms with E-state index in [4.69, 9.17) is 0 Å². The summed E-state index contributed by atoms with van der Waals surface area (Å²) in [7, 11) is 0. The number of ketones is 1. The topological polar surface area (TPSA) is 92.5 Å². The van der Waals surface area contributed by atoms with Crippen molar-refractivity contribution in [2.45, 2.75) is 18.9 Å². The van der Waals surface area contributed by atoms with E-state index in [1.807, 2.05) is 0 Å². The normalized spacial score (nSPS) is 18.6. The van der Waals surface area contributed by atoms with Crippen LogP contribution in [-0.2, 0) is 0 Å². The van der Waals surface area contributed by atoms with Crippen LogP contribution < -0.4 is 5.32 Å². The fourth-order valence-corrected chi connectivity index (χ4v) is 2.07. The fraction of sp³-hybridized carbons (Fsp3) is 0.308. The Morgan fingerprint density at radius 1 is 1.37 bits per heavy atom. The first-order valence-corrected chi connectivity index (χ1v) is 6.00. The highest BCUT2D eigenvalue weighted by Gasteiger charge is 2.34. The molecule has 1 aliphatic rings. The third kappa shape index (κ3) is 2.79. The van der Waals surface area contributed by atoms with E-state index in [9.17, 15) is 20.0 Å². The van der Waals surface area contributed by atoms with Crippen molar-refractivity contribution in [2.75, 3.05) is 6.54 Å². The molecule has 0 radical (unpaired) electrons. The molecule has 19 heavy (non-hydrogen) atoms. The van der Waals surface area contributed by atoms with Gasteiger partial charge in [0.2, 0.25) is 11.9 Å². The van der Waals surface area contributed by atoms with E-state index in [0.717, 1.165) is 6.42 Å². The maximum Gasteiger partial charge on any atom is 0.301 e. The molecule has 1 heterocycles. The Morgan fingerprint density at radius 2 is 2.05 bits per heavy atom. The Balaban J connectivity index is 2.31. The number of nitro groups is 1. The second-order valence-electron chi connectivity index (χ2n) is 4.28. The van der Waals surface area contributed by atoms with Gasteiger partial charge in [0.15, 0.2) is 0 Å². The molecule has 1 unspecified atom stereocenters. The first kappa shape index (κ1) is 13.2. The maximum atomic E-state index is 12.0. The second kappa shape index (κ2) is 5.62. The summed E-state index contributed by atoms with van der Waals surface area (Å²) < 4.78 is 0. The number of aliphatic hydroxyl groups excluding tert-OH is 1. The zero-order valence-corrected chi connectivity index (χ0v) is 10.2. The summed E-state index contributed by atoms with van der Waals surface area (Å²) >= 11 is 0. The number of rotatable bonds is 4. The van der Waals surface area contributed by atoms with E-state index in [-0.39, 0.29) is 5.56 Å². The first-order valence-electron chi connectivity index (χ1n) is 6.00. The standard InChI is InChI=1S/C13H14N2O4/c16-12(9-5-2-1-3-6-9)13(17)11(15(18)19)10-7-4-8-14-10/h1-3,5-6,13-14,17H,4,7-8H2/b11-10+. The Morgan fingerprint density at radius 3 is 2.58 bits per heavy atom. The summed E-state index contributed by atoms with van der Waals surface area (Å²) in [6.07, 6.45) is -0.494. The van der Waals surface area contributed by atoms with Gasteiger partial charge in [-0.05, 0) is 12.8 Å². The fourth-order valence-electron chi connectivity index (χ4n) is 2.07. The van der Waals surface area contributed by atoms with Crippen molar-refractivity contribution in [1.29, 1.82) is 0 Å². The molecule has 0 amide bonds. The van der Waals surface area contributed by atoms with Crippen LogP contribution in [0.25, 0.3) is 0 Å². The summed E-state index contributed by atoms with van der Waals surface area (Å²) in [5.74, 6) is -0.659. The molecule has 1 aromatic rings. The summed E-state index contributed by atoms with van der Waals surface area (Å²) in [6.45, 7) is 0.624. The molecule has 1 aliphatic heterocycles. The quantitative estimate of drug-likeness (QED) is 0.481. The molecule has 6 heteroatoms. The Kier molecular flexibility index (Phi) is 3.91. The van der Waals surface area contributed by atoms with E-state index < -0.39 is 22.5 Å². The lowest BCUT2D eigenvalue weighted by Gasteiger charge is -2.10. The van der Waals surface area contributed by atoms with Gasteiger partial charge in [-0.1, -0.05) is 30.3 Å². The zero-order chi connectivity index (χ0) is 13.8. The molecular formula is C13H14N2O4. The molecule has 1 aromatic carbocycles. The monoisotopic (exact) mass is 262 g/mol. The molecule has 0 bridgehead atoms. The number of Topliss-reactive ketones (excluding diaryl/α,β-unsaturated/α-hetero) is 1. The summed E-state index contributed by atoms with van der Waals surface area (Å²) in [4.78, 5) is 22.4. The third-order valence-electron chi connectivity index (χ3n) is 3.01. The van der Waals surface area contributed by atoms with Gasteiger partial charge in [-0.3, -0.25) is 14.9 Å². The van der Waals surface area contributed by atoms with E-state index in [2.05, 4.69) is 5.32 Å². The highest BCUT2D eigenvalue weighted by molar-refractivity contribution is 6.00. The van der Waals surface area contributed by atoms with E-state index in [1.54, 1.807) is 18.2 Å². The van der Waals surface area contributed by atoms with Crippen molar-refractivity contribution in [3.8, 4) is 0 Å². The molecule has 2 rings (SSSR count). The lowest BCUT2D eigenvalue weighted by molar-refractivity contribution is -0.435. The van der Waals surface area contributed by atoms with Crippen molar-refractivity contribution in [1.82, 2.24) is 5.32 Å². The van der Waals surface area contributed by atoms with E-state index in [1.165, 1.54) is 12.1 Å². The van der Waals surface area contributed by atoms with E-state index in [0.29, 0.717) is 18.7 Å². The van der Waals surface area contributed by atoms with Gasteiger partial charge >= 0.3 is 5.70 Å². The minimum absolute atomic E-state index is 0.257. The number of carbonyl (C=O) groups is 1. The largest absolute Gasteiger partial charge is 0.383 e. The molecule has 1 atom stereocenters. The Hall–Kier alpha value is -2.21. The van der Waals surface area contributed by atoms with Crippen LogP contribution in [0.15, 0.2) is 41.7 Å². The summed E-state index contributed by atoms with van der Waals surface area (Å²) in [5, 5.41) is 23.9. The summed E-state index contributed by atoms with van der Waals surface area (Å²) in [6, 6.07) is 8.07. The predicted octanol–water partition coefficient (Wildman–Crippen LogP) is 1.10. The van der Waals surface area contributed by atoms with Crippen molar-refractivity contribution in [3.05, 3.63) is 57.4 Å². The lowest BCUT2D eigenvalue weighted by atomic mass is 10.0. The Labute approximate surface area is 109 Å². The number of hydrogen-bond donors (Lipinski definition) is 2. The maximum absolute atomic E-state index is 12.0. The highest BCUT2D eigenvalue weighted by Crippen LogP contribution is 2.20. The summed E-state index contributed by atoms with van der Waals surface area (Å²) in [5.41, 5.74) is 0.168. The van der Waals surface area contributed by atoms with E-state index >= 15 is 0 Å². The number of hydrogen-bond acceptors (Lipinski definition) is 5. The van der Waals surface area contributed by atoms with Gasteiger partial charge in [0, 0.05) is 12.1 Å². The second-order valence-corrected chi connectivity index (χ2v) is 4.28. The third-order valence-corrected chi connectivity index (χ3v) is 3.01. The van der Waals surface area contributed by atoms with Crippen LogP contribution in [-0.4, -0.2) is 28.5 Å². The van der Waals surface area contributed by atoms with Gasteiger partial charge in [-0.25, -0.2) is 0 Å². The van der Waals surface area contributed by atoms with Gasteiger partial charge in [0.25, 0.3) is 0 Å². The van der Waals surface area contributed by atoms with Crippen molar-refractivity contribution >= 4 is 5.78 Å². The smallest absolute Gasteiger partial charge is 0.301 e. The van der Waals surface area contributed by atoms with Gasteiger partial charge in [0.1, 0.15) is 0 Å². The molecule has 0 saturated carbocycles. The van der Waals surface area contributed by atoms with Crippen molar-refractivity contribution in [3.63, 3.8) is 0 Å². The van der Waals surface area contributed by atoms with Crippen LogP contribution in [0.5, 0.6) is 0 Å². The molecule has 0 aliphatic carbocycles. The highest BCUT2D eigenvalue weighted by atomic mass is 16.6. The molecule has 2 N–H and O–H groups in total. The molecule has 100 valence electrons. The van der Waals surface area contributed by atoms with Crippen LogP contribution in [0.3, 0.4) is 0 Å². The van der Waals surface area contributed by atoms with Crippen molar-refractivity contribution < 1.29 is 14.8 Å². The molecule has 1 saturated heterocycles. The van der Waals surface area contributed by atoms with Gasteiger partial charge in [-0.2, -0.15) is 0 Å². The minimum Gasteiger partial charge on any atom is -0.383 e. The predicted molar refractivity (Wildman–Crippen MR) is 68.0 cm³/mol. The number of nitrogens with one attached hydrogen (secondary N) is 1. The van der Waals surface area contributed by atoms with Gasteiger partial charge in [0.05, 0.1) is 10.6 Å². The number of benzene rings is 1. The lowest BCUT2D eigenvalue weighted by Crippen LogP contribution is -2.30. The molecule has 0 aromatic heterocycles. The van der Waals surface area contributed by atoms with Crippen LogP contribution >= 0.6 is 0 Å². The van der Waals surface area contributed by atoms with Crippen LogP contribution in [0.2, 0.25) is 0 Å². The van der Waals surface area contributed by atoms with Crippen LogP contribution in [0.4, 0.5) is 0 Å². The molecule has 1 fully saturated rings. The number of aliphatic hydroxyl groups is 1. The number of carbonyl (C=O) groups excluding carboxylic acids is 1.